The Balaban J connectivity index is 1.38. The van der Waals surface area contributed by atoms with Crippen molar-refractivity contribution in [2.75, 3.05) is 26.3 Å². The van der Waals surface area contributed by atoms with E-state index in [0.29, 0.717) is 25.6 Å². The first kappa shape index (κ1) is 15.3. The number of nitrogens with zero attached hydrogens (tertiary/aromatic N) is 3. The predicted octanol–water partition coefficient (Wildman–Crippen LogP) is 2.04. The number of amides is 1. The van der Waals surface area contributed by atoms with Crippen molar-refractivity contribution in [3.05, 3.63) is 30.5 Å². The lowest BCUT2D eigenvalue weighted by Crippen LogP contribution is -2.38. The van der Waals surface area contributed by atoms with Crippen molar-refractivity contribution >= 4 is 16.9 Å². The summed E-state index contributed by atoms with van der Waals surface area (Å²) in [5.41, 5.74) is 1.68. The summed E-state index contributed by atoms with van der Waals surface area (Å²) in [5.74, 6) is 0.881. The highest BCUT2D eigenvalue weighted by Crippen LogP contribution is 2.23. The highest BCUT2D eigenvalue weighted by Gasteiger charge is 2.32. The monoisotopic (exact) mass is 327 g/mol. The minimum absolute atomic E-state index is 0.00995. The number of hydrogen-bond donors (Lipinski definition) is 0. The van der Waals surface area contributed by atoms with Gasteiger partial charge in [-0.25, -0.2) is 9.97 Å². The fourth-order valence-electron chi connectivity index (χ4n) is 3.40. The number of carbonyl (C=O) groups is 1. The molecule has 0 saturated carbocycles. The first-order valence-corrected chi connectivity index (χ1v) is 8.54. The molecular formula is C18H21N3O3. The van der Waals surface area contributed by atoms with Crippen LogP contribution in [0.3, 0.4) is 0 Å². The second-order valence-corrected chi connectivity index (χ2v) is 6.40. The van der Waals surface area contributed by atoms with Crippen LogP contribution in [0.25, 0.3) is 11.0 Å². The van der Waals surface area contributed by atoms with E-state index in [1.165, 1.54) is 0 Å². The van der Waals surface area contributed by atoms with Gasteiger partial charge in [-0.1, -0.05) is 12.1 Å². The molecule has 1 unspecified atom stereocenters. The topological polar surface area (TPSA) is 64.5 Å². The highest BCUT2D eigenvalue weighted by molar-refractivity contribution is 5.79. The fraction of sp³-hybridized carbons (Fsp3) is 0.500. The molecule has 0 bridgehead atoms. The molecule has 6 heteroatoms. The van der Waals surface area contributed by atoms with Crippen LogP contribution in [0.5, 0.6) is 5.88 Å². The highest BCUT2D eigenvalue weighted by atomic mass is 16.5. The molecule has 0 N–H and O–H groups in total. The summed E-state index contributed by atoms with van der Waals surface area (Å²) in [5, 5.41) is 0. The zero-order valence-corrected chi connectivity index (χ0v) is 13.6. The van der Waals surface area contributed by atoms with E-state index in [0.717, 1.165) is 36.8 Å². The van der Waals surface area contributed by atoms with E-state index in [1.807, 2.05) is 29.2 Å². The van der Waals surface area contributed by atoms with Crippen molar-refractivity contribution < 1.29 is 14.3 Å². The molecule has 0 spiro atoms. The Labute approximate surface area is 140 Å². The molecule has 3 heterocycles. The van der Waals surface area contributed by atoms with Gasteiger partial charge in [-0.2, -0.15) is 0 Å². The maximum atomic E-state index is 12.6. The third-order valence-corrected chi connectivity index (χ3v) is 4.74. The number of aromatic nitrogens is 2. The quantitative estimate of drug-likeness (QED) is 0.863. The Hall–Kier alpha value is -2.21. The van der Waals surface area contributed by atoms with Crippen LogP contribution < -0.4 is 4.74 Å². The Morgan fingerprint density at radius 1 is 1.17 bits per heavy atom. The molecule has 126 valence electrons. The molecule has 2 aromatic rings. The Bertz CT molecular complexity index is 730. The maximum absolute atomic E-state index is 12.6. The minimum Gasteiger partial charge on any atom is -0.471 e. The summed E-state index contributed by atoms with van der Waals surface area (Å²) >= 11 is 0. The lowest BCUT2D eigenvalue weighted by atomic mass is 9.99. The first-order valence-electron chi connectivity index (χ1n) is 8.54. The maximum Gasteiger partial charge on any atom is 0.233 e. The minimum atomic E-state index is -0.00995. The van der Waals surface area contributed by atoms with Crippen molar-refractivity contribution in [2.45, 2.75) is 25.4 Å². The molecule has 6 nitrogen and oxygen atoms in total. The molecule has 2 aliphatic rings. The van der Waals surface area contributed by atoms with E-state index in [-0.39, 0.29) is 17.9 Å². The van der Waals surface area contributed by atoms with Crippen LogP contribution >= 0.6 is 0 Å². The van der Waals surface area contributed by atoms with Gasteiger partial charge in [-0.05, 0) is 25.0 Å². The molecule has 1 atom stereocenters. The van der Waals surface area contributed by atoms with E-state index in [9.17, 15) is 4.79 Å². The average molecular weight is 327 g/mol. The van der Waals surface area contributed by atoms with Gasteiger partial charge in [-0.15, -0.1) is 0 Å². The Kier molecular flexibility index (Phi) is 4.30. The van der Waals surface area contributed by atoms with Gasteiger partial charge in [0.2, 0.25) is 11.8 Å². The van der Waals surface area contributed by atoms with Crippen molar-refractivity contribution in [3.8, 4) is 5.88 Å². The van der Waals surface area contributed by atoms with Gasteiger partial charge in [0.15, 0.2) is 0 Å². The lowest BCUT2D eigenvalue weighted by molar-refractivity contribution is -0.137. The van der Waals surface area contributed by atoms with Crippen LogP contribution in [-0.4, -0.2) is 53.2 Å². The molecule has 0 aliphatic carbocycles. The number of para-hydroxylation sites is 2. The smallest absolute Gasteiger partial charge is 0.233 e. The zero-order valence-electron chi connectivity index (χ0n) is 13.6. The second-order valence-electron chi connectivity index (χ2n) is 6.40. The number of hydrogen-bond acceptors (Lipinski definition) is 5. The third-order valence-electron chi connectivity index (χ3n) is 4.74. The third kappa shape index (κ3) is 3.19. The first-order chi connectivity index (χ1) is 11.8. The fourth-order valence-corrected chi connectivity index (χ4v) is 3.40. The Morgan fingerprint density at radius 3 is 2.79 bits per heavy atom. The van der Waals surface area contributed by atoms with Gasteiger partial charge in [0.05, 0.1) is 23.8 Å². The summed E-state index contributed by atoms with van der Waals surface area (Å²) in [6.45, 7) is 2.76. The van der Waals surface area contributed by atoms with Gasteiger partial charge in [0.1, 0.15) is 6.10 Å². The van der Waals surface area contributed by atoms with Crippen LogP contribution in [0.1, 0.15) is 19.3 Å². The number of rotatable bonds is 3. The van der Waals surface area contributed by atoms with Crippen molar-refractivity contribution in [1.29, 1.82) is 0 Å². The molecule has 1 aromatic carbocycles. The van der Waals surface area contributed by atoms with Gasteiger partial charge in [0.25, 0.3) is 0 Å². The molecule has 2 aliphatic heterocycles. The average Bonchev–Trinajstić information content (AvgIpc) is 3.10. The van der Waals surface area contributed by atoms with E-state index in [2.05, 4.69) is 9.97 Å². The number of ether oxygens (including phenoxy) is 2. The van der Waals surface area contributed by atoms with E-state index < -0.39 is 0 Å². The van der Waals surface area contributed by atoms with Crippen LogP contribution in [-0.2, 0) is 9.53 Å². The molecule has 24 heavy (non-hydrogen) atoms. The summed E-state index contributed by atoms with van der Waals surface area (Å²) in [6.07, 6.45) is 4.15. The number of likely N-dealkylation sites (tertiary alicyclic amines) is 1. The Morgan fingerprint density at radius 2 is 1.96 bits per heavy atom. The van der Waals surface area contributed by atoms with Crippen LogP contribution in [0.4, 0.5) is 0 Å². The number of fused-ring (bicyclic) bond motifs is 1. The summed E-state index contributed by atoms with van der Waals surface area (Å²) in [6, 6.07) is 7.72. The molecule has 2 saturated heterocycles. The standard InChI is InChI=1S/C18H21N3O3/c22-18(13-6-9-23-10-7-13)21-8-5-14(12-21)24-17-11-19-15-3-1-2-4-16(15)20-17/h1-4,11,13-14H,5-10,12H2. The number of benzene rings is 1. The van der Waals surface area contributed by atoms with Gasteiger partial charge >= 0.3 is 0 Å². The lowest BCUT2D eigenvalue weighted by Gasteiger charge is -2.26. The molecule has 2 fully saturated rings. The van der Waals surface area contributed by atoms with Crippen LogP contribution in [0.2, 0.25) is 0 Å². The summed E-state index contributed by atoms with van der Waals surface area (Å²) in [7, 11) is 0. The predicted molar refractivity (Wildman–Crippen MR) is 88.7 cm³/mol. The van der Waals surface area contributed by atoms with Crippen LogP contribution in [0.15, 0.2) is 30.5 Å². The van der Waals surface area contributed by atoms with Gasteiger partial charge in [0, 0.05) is 32.1 Å². The zero-order chi connectivity index (χ0) is 16.4. The van der Waals surface area contributed by atoms with Gasteiger partial charge < -0.3 is 14.4 Å². The SMILES string of the molecule is O=C(C1CCOCC1)N1CCC(Oc2cnc3ccccc3n2)C1. The molecule has 0 radical (unpaired) electrons. The molecule has 1 amide bonds. The largest absolute Gasteiger partial charge is 0.471 e. The normalized spacial score (nSPS) is 22.0. The summed E-state index contributed by atoms with van der Waals surface area (Å²) < 4.78 is 11.3. The van der Waals surface area contributed by atoms with E-state index in [4.69, 9.17) is 9.47 Å². The van der Waals surface area contributed by atoms with Gasteiger partial charge in [-0.3, -0.25) is 4.79 Å². The van der Waals surface area contributed by atoms with Crippen molar-refractivity contribution in [3.63, 3.8) is 0 Å². The summed E-state index contributed by atoms with van der Waals surface area (Å²) in [4.78, 5) is 23.3. The van der Waals surface area contributed by atoms with E-state index in [1.54, 1.807) is 6.20 Å². The van der Waals surface area contributed by atoms with Crippen molar-refractivity contribution in [1.82, 2.24) is 14.9 Å². The molecule has 1 aromatic heterocycles. The molecule has 4 rings (SSSR count). The molecular weight excluding hydrogens is 306 g/mol. The van der Waals surface area contributed by atoms with E-state index >= 15 is 0 Å². The number of carbonyl (C=O) groups excluding carboxylic acids is 1. The second kappa shape index (κ2) is 6.73. The van der Waals surface area contributed by atoms with Crippen molar-refractivity contribution in [2.24, 2.45) is 5.92 Å². The van der Waals surface area contributed by atoms with Crippen LogP contribution in [0, 0.1) is 5.92 Å².